The van der Waals surface area contributed by atoms with E-state index in [-0.39, 0.29) is 11.2 Å². The fourth-order valence-electron chi connectivity index (χ4n) is 2.20. The molecule has 0 atom stereocenters. The Morgan fingerprint density at radius 3 is 2.26 bits per heavy atom. The van der Waals surface area contributed by atoms with Crippen molar-refractivity contribution in [2.24, 2.45) is 0 Å². The zero-order valence-electron chi connectivity index (χ0n) is 11.7. The van der Waals surface area contributed by atoms with Crippen molar-refractivity contribution in [1.82, 2.24) is 5.32 Å². The Labute approximate surface area is 119 Å². The molecule has 106 valence electrons. The molecule has 0 heterocycles. The number of nitro groups is 1. The second kappa shape index (κ2) is 6.87. The van der Waals surface area contributed by atoms with Gasteiger partial charge < -0.3 is 5.32 Å². The van der Waals surface area contributed by atoms with Gasteiger partial charge in [0.05, 0.1) is 9.95 Å². The summed E-state index contributed by atoms with van der Waals surface area (Å²) < 4.78 is 0. The Bertz CT molecular complexity index is 437. The molecule has 0 aliphatic heterocycles. The van der Waals surface area contributed by atoms with Gasteiger partial charge in [-0.15, -0.1) is 0 Å². The SMILES string of the molecule is CCC(CC)(CC)NCc1ccc([N+](=O)[O-])cc1Cl. The molecular formula is C14H21ClN2O2. The molecule has 5 heteroatoms. The highest BCUT2D eigenvalue weighted by Crippen LogP contribution is 2.25. The van der Waals surface area contributed by atoms with Crippen molar-refractivity contribution >= 4 is 17.3 Å². The lowest BCUT2D eigenvalue weighted by atomic mass is 9.89. The Morgan fingerprint density at radius 2 is 1.84 bits per heavy atom. The number of halogens is 1. The van der Waals surface area contributed by atoms with Crippen molar-refractivity contribution in [3.8, 4) is 0 Å². The van der Waals surface area contributed by atoms with Gasteiger partial charge in [0, 0.05) is 24.2 Å². The molecule has 0 aliphatic rings. The van der Waals surface area contributed by atoms with E-state index in [1.54, 1.807) is 6.07 Å². The van der Waals surface area contributed by atoms with Crippen molar-refractivity contribution in [1.29, 1.82) is 0 Å². The van der Waals surface area contributed by atoms with Gasteiger partial charge in [-0.3, -0.25) is 10.1 Å². The minimum atomic E-state index is -0.433. The summed E-state index contributed by atoms with van der Waals surface area (Å²) in [5.74, 6) is 0. The third-order valence-corrected chi connectivity index (χ3v) is 4.28. The van der Waals surface area contributed by atoms with Crippen LogP contribution in [0.25, 0.3) is 0 Å². The highest BCUT2D eigenvalue weighted by Gasteiger charge is 2.23. The average molecular weight is 285 g/mol. The minimum absolute atomic E-state index is 0.0292. The molecule has 4 nitrogen and oxygen atoms in total. The van der Waals surface area contributed by atoms with Crippen LogP contribution in [0.4, 0.5) is 5.69 Å². The van der Waals surface area contributed by atoms with Crippen molar-refractivity contribution in [3.05, 3.63) is 38.9 Å². The van der Waals surface area contributed by atoms with E-state index in [4.69, 9.17) is 11.6 Å². The maximum Gasteiger partial charge on any atom is 0.270 e. The number of benzene rings is 1. The van der Waals surface area contributed by atoms with Gasteiger partial charge in [-0.1, -0.05) is 32.4 Å². The first-order chi connectivity index (χ1) is 8.98. The van der Waals surface area contributed by atoms with E-state index >= 15 is 0 Å². The van der Waals surface area contributed by atoms with E-state index < -0.39 is 4.92 Å². The molecule has 0 fully saturated rings. The van der Waals surface area contributed by atoms with Gasteiger partial charge in [-0.25, -0.2) is 0 Å². The Hall–Kier alpha value is -1.13. The highest BCUT2D eigenvalue weighted by molar-refractivity contribution is 6.31. The summed E-state index contributed by atoms with van der Waals surface area (Å²) in [6, 6.07) is 4.62. The van der Waals surface area contributed by atoms with Crippen LogP contribution in [0.5, 0.6) is 0 Å². The zero-order valence-corrected chi connectivity index (χ0v) is 12.5. The summed E-state index contributed by atoms with van der Waals surface area (Å²) in [4.78, 5) is 10.2. The van der Waals surface area contributed by atoms with Gasteiger partial charge >= 0.3 is 0 Å². The first-order valence-corrected chi connectivity index (χ1v) is 7.03. The number of nitro benzene ring substituents is 1. The predicted octanol–water partition coefficient (Wildman–Crippen LogP) is 4.31. The summed E-state index contributed by atoms with van der Waals surface area (Å²) in [5.41, 5.74) is 1.04. The predicted molar refractivity (Wildman–Crippen MR) is 78.6 cm³/mol. The number of non-ortho nitro benzene ring substituents is 1. The average Bonchev–Trinajstić information content (AvgIpc) is 2.42. The molecule has 1 aromatic carbocycles. The molecule has 0 amide bonds. The Morgan fingerprint density at radius 1 is 1.26 bits per heavy atom. The number of nitrogens with one attached hydrogen (secondary N) is 1. The van der Waals surface area contributed by atoms with E-state index in [1.807, 2.05) is 0 Å². The van der Waals surface area contributed by atoms with Crippen LogP contribution in [0.1, 0.15) is 45.6 Å². The molecule has 0 aliphatic carbocycles. The van der Waals surface area contributed by atoms with E-state index in [0.717, 1.165) is 24.8 Å². The van der Waals surface area contributed by atoms with Crippen LogP contribution in [0, 0.1) is 10.1 Å². The van der Waals surface area contributed by atoms with Gasteiger partial charge in [0.15, 0.2) is 0 Å². The summed E-state index contributed by atoms with van der Waals surface area (Å²) in [6.07, 6.45) is 3.14. The molecule has 1 rings (SSSR count). The first-order valence-electron chi connectivity index (χ1n) is 6.65. The number of hydrogen-bond donors (Lipinski definition) is 1. The van der Waals surface area contributed by atoms with Gasteiger partial charge in [0.1, 0.15) is 0 Å². The summed E-state index contributed by atoms with van der Waals surface area (Å²) in [7, 11) is 0. The summed E-state index contributed by atoms with van der Waals surface area (Å²) >= 11 is 6.09. The van der Waals surface area contributed by atoms with Crippen LogP contribution < -0.4 is 5.32 Å². The molecule has 19 heavy (non-hydrogen) atoms. The molecule has 1 N–H and O–H groups in total. The standard InChI is InChI=1S/C14H21ClN2O2/c1-4-14(5-2,6-3)16-10-11-7-8-12(17(18)19)9-13(11)15/h7-9,16H,4-6,10H2,1-3H3. The molecule has 0 aromatic heterocycles. The van der Waals surface area contributed by atoms with Crippen molar-refractivity contribution < 1.29 is 4.92 Å². The lowest BCUT2D eigenvalue weighted by molar-refractivity contribution is -0.384. The third-order valence-electron chi connectivity index (χ3n) is 3.93. The number of nitrogens with zero attached hydrogens (tertiary/aromatic N) is 1. The lowest BCUT2D eigenvalue weighted by Gasteiger charge is -2.32. The number of hydrogen-bond acceptors (Lipinski definition) is 3. The van der Waals surface area contributed by atoms with Gasteiger partial charge in [0.2, 0.25) is 0 Å². The lowest BCUT2D eigenvalue weighted by Crippen LogP contribution is -2.43. The Balaban J connectivity index is 2.80. The summed E-state index contributed by atoms with van der Waals surface area (Å²) in [5, 5.41) is 14.6. The van der Waals surface area contributed by atoms with E-state index in [1.165, 1.54) is 12.1 Å². The summed E-state index contributed by atoms with van der Waals surface area (Å²) in [6.45, 7) is 7.12. The zero-order chi connectivity index (χ0) is 14.5. The molecular weight excluding hydrogens is 264 g/mol. The monoisotopic (exact) mass is 284 g/mol. The molecule has 0 radical (unpaired) electrons. The molecule has 0 saturated heterocycles. The fraction of sp³-hybridized carbons (Fsp3) is 0.571. The second-order valence-corrected chi connectivity index (χ2v) is 5.13. The van der Waals surface area contributed by atoms with Gasteiger partial charge in [-0.05, 0) is 30.9 Å². The first kappa shape index (κ1) is 15.9. The van der Waals surface area contributed by atoms with E-state index in [0.29, 0.717) is 11.6 Å². The van der Waals surface area contributed by atoms with Crippen molar-refractivity contribution in [3.63, 3.8) is 0 Å². The quantitative estimate of drug-likeness (QED) is 0.600. The maximum atomic E-state index is 10.7. The molecule has 1 aromatic rings. The third kappa shape index (κ3) is 3.91. The molecule has 0 saturated carbocycles. The molecule has 0 unspecified atom stereocenters. The number of rotatable bonds is 7. The van der Waals surface area contributed by atoms with E-state index in [2.05, 4.69) is 26.1 Å². The highest BCUT2D eigenvalue weighted by atomic mass is 35.5. The van der Waals surface area contributed by atoms with Gasteiger partial charge in [0.25, 0.3) is 5.69 Å². The van der Waals surface area contributed by atoms with Crippen molar-refractivity contribution in [2.75, 3.05) is 0 Å². The van der Waals surface area contributed by atoms with E-state index in [9.17, 15) is 10.1 Å². The van der Waals surface area contributed by atoms with Crippen LogP contribution in [0.3, 0.4) is 0 Å². The Kier molecular flexibility index (Phi) is 5.76. The largest absolute Gasteiger partial charge is 0.307 e. The van der Waals surface area contributed by atoms with Crippen LogP contribution in [-0.2, 0) is 6.54 Å². The van der Waals surface area contributed by atoms with Crippen LogP contribution in [-0.4, -0.2) is 10.5 Å². The second-order valence-electron chi connectivity index (χ2n) is 4.73. The fourth-order valence-corrected chi connectivity index (χ4v) is 2.44. The normalized spacial score (nSPS) is 11.6. The minimum Gasteiger partial charge on any atom is -0.307 e. The van der Waals surface area contributed by atoms with Crippen LogP contribution >= 0.6 is 11.6 Å². The van der Waals surface area contributed by atoms with Crippen LogP contribution in [0.2, 0.25) is 5.02 Å². The van der Waals surface area contributed by atoms with Crippen molar-refractivity contribution in [2.45, 2.75) is 52.1 Å². The molecule has 0 spiro atoms. The smallest absolute Gasteiger partial charge is 0.270 e. The van der Waals surface area contributed by atoms with Crippen LogP contribution in [0.15, 0.2) is 18.2 Å². The van der Waals surface area contributed by atoms with Gasteiger partial charge in [-0.2, -0.15) is 0 Å². The molecule has 0 bridgehead atoms. The maximum absolute atomic E-state index is 10.7. The topological polar surface area (TPSA) is 55.2 Å².